The van der Waals surface area contributed by atoms with Crippen molar-refractivity contribution in [2.24, 2.45) is 34.0 Å². The van der Waals surface area contributed by atoms with Crippen molar-refractivity contribution in [2.75, 3.05) is 19.8 Å². The molecule has 0 aromatic carbocycles. The molecular weight excluding hydrogens is 856 g/mol. The van der Waals surface area contributed by atoms with Crippen LogP contribution in [0.1, 0.15) is 99.3 Å². The molecule has 372 valence electrons. The summed E-state index contributed by atoms with van der Waals surface area (Å²) in [6, 6.07) is 0. The monoisotopic (exact) mass is 929 g/mol. The molecule has 5 fully saturated rings. The lowest BCUT2D eigenvalue weighted by Crippen LogP contribution is -2.66. The first kappa shape index (κ1) is 51.1. The Kier molecular flexibility index (Phi) is 15.1. The Balaban J connectivity index is 1.08. The van der Waals surface area contributed by atoms with Gasteiger partial charge >= 0.3 is 0 Å². The highest BCUT2D eigenvalue weighted by Gasteiger charge is 2.67. The summed E-state index contributed by atoms with van der Waals surface area (Å²) in [7, 11) is 0. The van der Waals surface area contributed by atoms with Crippen molar-refractivity contribution in [1.29, 1.82) is 0 Å². The number of aliphatic hydroxyl groups is 11. The van der Waals surface area contributed by atoms with Crippen molar-refractivity contribution in [3.8, 4) is 0 Å². The van der Waals surface area contributed by atoms with Gasteiger partial charge in [-0.1, -0.05) is 43.6 Å². The summed E-state index contributed by atoms with van der Waals surface area (Å²) in [4.78, 5) is 13.6. The first-order valence-corrected chi connectivity index (χ1v) is 23.3. The average molecular weight is 930 g/mol. The maximum absolute atomic E-state index is 13.6. The molecule has 11 N–H and O–H groups in total. The fraction of sp³-hybridized carbons (Fsp3) is 0.891. The average Bonchev–Trinajstić information content (AvgIpc) is 3.59. The van der Waals surface area contributed by atoms with Crippen molar-refractivity contribution < 1.29 is 94.5 Å². The van der Waals surface area contributed by atoms with Crippen LogP contribution in [0, 0.1) is 34.0 Å². The quantitative estimate of drug-likeness (QED) is 0.0892. The highest BCUT2D eigenvalue weighted by molar-refractivity contribution is 5.80. The number of aliphatic hydroxyl groups excluding tert-OH is 10. The SMILES string of the molecule is CC(C)=CC[C@H](O)[C@@H](C)[C@H]1CC[C@@]2(C(=O)[O-])C3=C(CC[C@]12C)[C@@]1(C)CC[C@H](O[C@@H]2O[C@H](CO)[C@H](O)[C@H](O)[C@H]2O[C@H]2OC[C@H](O[C@@H]4O[C@H](CO)[C@H](O)[C@H](O)[C@H]4O)[C@H](O)[C@H]2O)[C@](C)(O)[C@@H]1CC3. The van der Waals surface area contributed by atoms with Crippen LogP contribution in [-0.2, 0) is 33.2 Å². The lowest BCUT2D eigenvalue weighted by molar-refractivity contribution is -0.380. The fourth-order valence-corrected chi connectivity index (χ4v) is 13.3. The molecular formula is C46H73O19-. The van der Waals surface area contributed by atoms with Crippen LogP contribution in [0.15, 0.2) is 22.8 Å². The van der Waals surface area contributed by atoms with Crippen LogP contribution in [0.5, 0.6) is 0 Å². The predicted molar refractivity (Wildman–Crippen MR) is 222 cm³/mol. The van der Waals surface area contributed by atoms with E-state index < -0.39 is 152 Å². The minimum Gasteiger partial charge on any atom is -0.549 e. The Bertz CT molecular complexity index is 1750. The van der Waals surface area contributed by atoms with Crippen LogP contribution in [0.2, 0.25) is 0 Å². The first-order chi connectivity index (χ1) is 30.5. The zero-order valence-electron chi connectivity index (χ0n) is 38.2. The molecule has 2 saturated carbocycles. The lowest BCUT2D eigenvalue weighted by Gasteiger charge is -2.62. The number of hydrogen-bond donors (Lipinski definition) is 11. The number of allylic oxidation sites excluding steroid dienone is 2. The van der Waals surface area contributed by atoms with E-state index in [0.717, 1.165) is 16.7 Å². The van der Waals surface area contributed by atoms with Gasteiger partial charge in [-0.3, -0.25) is 0 Å². The van der Waals surface area contributed by atoms with Crippen molar-refractivity contribution >= 4 is 5.97 Å². The largest absolute Gasteiger partial charge is 0.549 e. The first-order valence-electron chi connectivity index (χ1n) is 23.3. The Morgan fingerprint density at radius 1 is 0.769 bits per heavy atom. The van der Waals surface area contributed by atoms with E-state index >= 15 is 0 Å². The van der Waals surface area contributed by atoms with Gasteiger partial charge in [0.05, 0.1) is 43.6 Å². The lowest BCUT2D eigenvalue weighted by atomic mass is 9.44. The number of ether oxygens (including phenoxy) is 6. The van der Waals surface area contributed by atoms with Gasteiger partial charge in [-0.05, 0) is 107 Å². The van der Waals surface area contributed by atoms with E-state index in [1.807, 2.05) is 26.8 Å². The smallest absolute Gasteiger partial charge is 0.187 e. The van der Waals surface area contributed by atoms with Gasteiger partial charge in [-0.2, -0.15) is 0 Å². The van der Waals surface area contributed by atoms with Crippen LogP contribution in [-0.4, -0.2) is 186 Å². The van der Waals surface area contributed by atoms with E-state index in [1.54, 1.807) is 6.92 Å². The van der Waals surface area contributed by atoms with Gasteiger partial charge in [0.2, 0.25) is 0 Å². The third kappa shape index (κ3) is 8.59. The molecule has 7 rings (SSSR count). The maximum atomic E-state index is 13.6. The van der Waals surface area contributed by atoms with E-state index in [2.05, 4.69) is 13.8 Å². The van der Waals surface area contributed by atoms with Crippen molar-refractivity contribution in [1.82, 2.24) is 0 Å². The van der Waals surface area contributed by atoms with Gasteiger partial charge in [0.15, 0.2) is 18.9 Å². The van der Waals surface area contributed by atoms with Crippen LogP contribution in [0.3, 0.4) is 0 Å². The van der Waals surface area contributed by atoms with Gasteiger partial charge in [-0.25, -0.2) is 0 Å². The van der Waals surface area contributed by atoms with Crippen molar-refractivity contribution in [3.63, 3.8) is 0 Å². The zero-order chi connectivity index (χ0) is 47.7. The second kappa shape index (κ2) is 19.2. The molecule has 3 aliphatic heterocycles. The fourth-order valence-electron chi connectivity index (χ4n) is 13.3. The highest BCUT2D eigenvalue weighted by atomic mass is 16.8. The van der Waals surface area contributed by atoms with E-state index in [-0.39, 0.29) is 18.3 Å². The predicted octanol–water partition coefficient (Wildman–Crippen LogP) is -1.98. The standard InChI is InChI=1S/C46H74O19/c1-20(2)7-9-25(49)21(3)22-12-16-46(42(57)58)24-8-10-29-43(4,23(24)11-15-44(22,46)5)14-13-30(45(29,6)59)64-41-38(35(54)32(51)27(18-48)62-41)65-39-36(55)33(52)28(19-60-39)63-40-37(56)34(53)31(50)26(17-47)61-40/h7,21-22,25-41,47-56,59H,8-19H2,1-6H3,(H,57,58)/p-1/t21-,22+,25-,26+,27+,28-,29+,30-,31-,32-,33-,34-,35-,36+,37+,38+,39+,40-,41-,43+,44+,45+,46-/m0/s1. The van der Waals surface area contributed by atoms with E-state index in [4.69, 9.17) is 28.4 Å². The van der Waals surface area contributed by atoms with Crippen molar-refractivity contribution in [2.45, 2.75) is 203 Å². The molecule has 7 aliphatic rings. The Hall–Kier alpha value is -1.73. The Labute approximate surface area is 379 Å². The molecule has 3 saturated heterocycles. The molecule has 0 aromatic rings. The molecule has 23 atom stereocenters. The molecule has 19 heteroatoms. The molecule has 0 amide bonds. The number of aliphatic carboxylic acids is 1. The molecule has 0 unspecified atom stereocenters. The number of carbonyl (C=O) groups excluding carboxylic acids is 1. The second-order valence-electron chi connectivity index (χ2n) is 20.9. The molecule has 0 bridgehead atoms. The molecule has 65 heavy (non-hydrogen) atoms. The Morgan fingerprint density at radius 2 is 1.40 bits per heavy atom. The summed E-state index contributed by atoms with van der Waals surface area (Å²) >= 11 is 0. The van der Waals surface area contributed by atoms with Crippen LogP contribution >= 0.6 is 0 Å². The highest BCUT2D eigenvalue weighted by Crippen LogP contribution is 2.72. The van der Waals surface area contributed by atoms with Crippen LogP contribution in [0.25, 0.3) is 0 Å². The number of hydrogen-bond acceptors (Lipinski definition) is 19. The third-order valence-corrected chi connectivity index (χ3v) is 17.2. The number of carboxylic acids is 1. The summed E-state index contributed by atoms with van der Waals surface area (Å²) < 4.78 is 35.1. The van der Waals surface area contributed by atoms with Crippen LogP contribution in [0.4, 0.5) is 0 Å². The number of carboxylic acid groups (broad SMARTS) is 1. The summed E-state index contributed by atoms with van der Waals surface area (Å²) in [5.74, 6) is -1.72. The van der Waals surface area contributed by atoms with Gasteiger partial charge in [0.1, 0.15) is 67.1 Å². The van der Waals surface area contributed by atoms with E-state index in [0.29, 0.717) is 51.4 Å². The third-order valence-electron chi connectivity index (χ3n) is 17.2. The number of carbonyl (C=O) groups is 1. The molecule has 0 spiro atoms. The normalized spacial score (nSPS) is 49.9. The van der Waals surface area contributed by atoms with E-state index in [1.165, 1.54) is 0 Å². The van der Waals surface area contributed by atoms with Gasteiger partial charge in [0.25, 0.3) is 0 Å². The molecule has 0 aromatic heterocycles. The maximum Gasteiger partial charge on any atom is 0.187 e. The van der Waals surface area contributed by atoms with Crippen LogP contribution < -0.4 is 5.11 Å². The molecule has 0 radical (unpaired) electrons. The molecule has 4 aliphatic carbocycles. The minimum absolute atomic E-state index is 0.0512. The molecule has 3 heterocycles. The number of fused-ring (bicyclic) bond motifs is 4. The Morgan fingerprint density at radius 3 is 2.03 bits per heavy atom. The van der Waals surface area contributed by atoms with Crippen molar-refractivity contribution in [3.05, 3.63) is 22.8 Å². The van der Waals surface area contributed by atoms with Gasteiger partial charge in [0, 0.05) is 5.41 Å². The summed E-state index contributed by atoms with van der Waals surface area (Å²) in [6.07, 6.45) is -18.3. The summed E-state index contributed by atoms with van der Waals surface area (Å²) in [6.45, 7) is 9.83. The summed E-state index contributed by atoms with van der Waals surface area (Å²) in [5.41, 5.74) is -1.08. The molecule has 19 nitrogen and oxygen atoms in total. The second-order valence-corrected chi connectivity index (χ2v) is 20.9. The van der Waals surface area contributed by atoms with Gasteiger partial charge < -0.3 is 94.5 Å². The minimum atomic E-state index is -1.89. The van der Waals surface area contributed by atoms with E-state index in [9.17, 15) is 66.1 Å². The van der Waals surface area contributed by atoms with Gasteiger partial charge in [-0.15, -0.1) is 0 Å². The zero-order valence-corrected chi connectivity index (χ0v) is 38.2. The summed E-state index contributed by atoms with van der Waals surface area (Å²) in [5, 5.41) is 132. The number of rotatable bonds is 13. The topological polar surface area (TPSA) is 318 Å².